The standard InChI is InChI=1S/C5H14N.ClH/c1-5-6(2,3)4;/h5H2,1-4H3;1H/q+1;/p-1. The monoisotopic (exact) mass is 123 g/mol. The van der Waals surface area contributed by atoms with Gasteiger partial charge in [-0.3, -0.25) is 0 Å². The van der Waals surface area contributed by atoms with Crippen molar-refractivity contribution < 1.29 is 16.9 Å². The number of nitrogens with zero attached hydrogens (tertiary/aromatic N) is 1. The minimum atomic E-state index is 0. The van der Waals surface area contributed by atoms with Crippen molar-refractivity contribution in [1.29, 1.82) is 0 Å². The second-order valence-corrected chi connectivity index (χ2v) is 2.61. The molecule has 0 amide bonds. The molecule has 0 radical (unpaired) electrons. The number of rotatable bonds is 1. The molecule has 0 spiro atoms. The molecule has 0 atom stereocenters. The van der Waals surface area contributed by atoms with Gasteiger partial charge in [0, 0.05) is 0 Å². The molecule has 0 aromatic rings. The van der Waals surface area contributed by atoms with Crippen molar-refractivity contribution in [2.24, 2.45) is 0 Å². The fraction of sp³-hybridized carbons (Fsp3) is 1.00. The van der Waals surface area contributed by atoms with Crippen LogP contribution in [-0.4, -0.2) is 32.2 Å². The minimum Gasteiger partial charge on any atom is -1.00 e. The highest BCUT2D eigenvalue weighted by atomic mass is 35.5. The Hall–Kier alpha value is 0.250. The first kappa shape index (κ1) is 10.3. The molecule has 0 aliphatic carbocycles. The van der Waals surface area contributed by atoms with Gasteiger partial charge in [-0.2, -0.15) is 0 Å². The Balaban J connectivity index is 0. The van der Waals surface area contributed by atoms with Crippen molar-refractivity contribution in [2.75, 3.05) is 27.7 Å². The van der Waals surface area contributed by atoms with Crippen molar-refractivity contribution in [1.82, 2.24) is 0 Å². The summed E-state index contributed by atoms with van der Waals surface area (Å²) in [6.45, 7) is 3.39. The van der Waals surface area contributed by atoms with Gasteiger partial charge in [-0.15, -0.1) is 0 Å². The lowest BCUT2D eigenvalue weighted by atomic mass is 10.6. The summed E-state index contributed by atoms with van der Waals surface area (Å²) in [7, 11) is 6.54. The van der Waals surface area contributed by atoms with E-state index in [1.54, 1.807) is 0 Å². The van der Waals surface area contributed by atoms with Gasteiger partial charge in [0.05, 0.1) is 27.7 Å². The molecule has 7 heavy (non-hydrogen) atoms. The Morgan fingerprint density at radius 3 is 1.29 bits per heavy atom. The van der Waals surface area contributed by atoms with E-state index < -0.39 is 0 Å². The number of halogens is 1. The molecular formula is C5H14ClN. The highest BCUT2D eigenvalue weighted by Gasteiger charge is 1.97. The zero-order chi connectivity index (χ0) is 5.21. The van der Waals surface area contributed by atoms with E-state index in [0.29, 0.717) is 0 Å². The van der Waals surface area contributed by atoms with Crippen LogP contribution in [-0.2, 0) is 0 Å². The molecule has 0 aliphatic heterocycles. The molecule has 0 saturated heterocycles. The predicted molar refractivity (Wildman–Crippen MR) is 28.6 cm³/mol. The average molecular weight is 124 g/mol. The summed E-state index contributed by atoms with van der Waals surface area (Å²) in [6.07, 6.45) is 0. The Morgan fingerprint density at radius 2 is 1.29 bits per heavy atom. The van der Waals surface area contributed by atoms with E-state index in [0.717, 1.165) is 4.48 Å². The summed E-state index contributed by atoms with van der Waals surface area (Å²) >= 11 is 0. The largest absolute Gasteiger partial charge is 1.00 e. The predicted octanol–water partition coefficient (Wildman–Crippen LogP) is -2.28. The van der Waals surface area contributed by atoms with Crippen molar-refractivity contribution in [3.05, 3.63) is 0 Å². The normalized spacial score (nSPS) is 10.3. The lowest BCUT2D eigenvalue weighted by molar-refractivity contribution is -0.868. The zero-order valence-electron chi connectivity index (χ0n) is 5.53. The highest BCUT2D eigenvalue weighted by Crippen LogP contribution is 1.83. The Morgan fingerprint density at radius 1 is 1.14 bits per heavy atom. The first-order chi connectivity index (χ1) is 2.56. The summed E-state index contributed by atoms with van der Waals surface area (Å²) in [5, 5.41) is 0. The van der Waals surface area contributed by atoms with Crippen LogP contribution in [0.4, 0.5) is 0 Å². The smallest absolute Gasteiger partial charge is 0.0751 e. The van der Waals surface area contributed by atoms with Crippen LogP contribution >= 0.6 is 0 Å². The Bertz CT molecular complexity index is 37.8. The van der Waals surface area contributed by atoms with Gasteiger partial charge in [-0.05, 0) is 6.92 Å². The first-order valence-corrected chi connectivity index (χ1v) is 2.36. The van der Waals surface area contributed by atoms with Crippen molar-refractivity contribution in [2.45, 2.75) is 6.92 Å². The third-order valence-electron chi connectivity index (χ3n) is 0.949. The minimum absolute atomic E-state index is 0. The van der Waals surface area contributed by atoms with Gasteiger partial charge in [0.2, 0.25) is 0 Å². The van der Waals surface area contributed by atoms with Gasteiger partial charge < -0.3 is 16.9 Å². The summed E-state index contributed by atoms with van der Waals surface area (Å²) in [5.41, 5.74) is 0. The van der Waals surface area contributed by atoms with Crippen LogP contribution in [0.5, 0.6) is 0 Å². The molecule has 0 fully saturated rings. The summed E-state index contributed by atoms with van der Waals surface area (Å²) in [4.78, 5) is 0. The molecule has 0 aliphatic rings. The van der Waals surface area contributed by atoms with Crippen LogP contribution in [0, 0.1) is 0 Å². The maximum absolute atomic E-state index is 2.18. The van der Waals surface area contributed by atoms with E-state index in [2.05, 4.69) is 28.1 Å². The fourth-order valence-corrected chi connectivity index (χ4v) is 0. The third-order valence-corrected chi connectivity index (χ3v) is 0.949. The highest BCUT2D eigenvalue weighted by molar-refractivity contribution is 4.06. The molecule has 0 aromatic heterocycles. The van der Waals surface area contributed by atoms with Crippen LogP contribution in [0.15, 0.2) is 0 Å². The van der Waals surface area contributed by atoms with Crippen molar-refractivity contribution >= 4 is 0 Å². The van der Waals surface area contributed by atoms with E-state index in [1.165, 1.54) is 6.54 Å². The van der Waals surface area contributed by atoms with Gasteiger partial charge in [0.1, 0.15) is 0 Å². The zero-order valence-corrected chi connectivity index (χ0v) is 6.29. The van der Waals surface area contributed by atoms with Crippen molar-refractivity contribution in [3.8, 4) is 0 Å². The van der Waals surface area contributed by atoms with Crippen LogP contribution in [0.25, 0.3) is 0 Å². The van der Waals surface area contributed by atoms with Gasteiger partial charge in [0.15, 0.2) is 0 Å². The molecule has 2 heteroatoms. The second kappa shape index (κ2) is 3.28. The topological polar surface area (TPSA) is 0 Å². The molecule has 0 heterocycles. The van der Waals surface area contributed by atoms with Gasteiger partial charge in [-0.25, -0.2) is 0 Å². The first-order valence-electron chi connectivity index (χ1n) is 2.36. The van der Waals surface area contributed by atoms with Gasteiger partial charge >= 0.3 is 0 Å². The molecule has 1 nitrogen and oxygen atoms in total. The van der Waals surface area contributed by atoms with Crippen LogP contribution in [0.3, 0.4) is 0 Å². The average Bonchev–Trinajstić information content (AvgIpc) is 1.35. The molecule has 0 aromatic carbocycles. The molecule has 0 bridgehead atoms. The molecule has 0 rings (SSSR count). The quantitative estimate of drug-likeness (QED) is 0.345. The number of quaternary nitrogens is 1. The number of hydrogen-bond donors (Lipinski definition) is 0. The van der Waals surface area contributed by atoms with E-state index in [1.807, 2.05) is 0 Å². The van der Waals surface area contributed by atoms with Crippen LogP contribution < -0.4 is 12.4 Å². The molecule has 46 valence electrons. The maximum atomic E-state index is 2.18. The molecule has 0 N–H and O–H groups in total. The van der Waals surface area contributed by atoms with Crippen LogP contribution in [0.2, 0.25) is 0 Å². The number of hydrogen-bond acceptors (Lipinski definition) is 0. The lowest BCUT2D eigenvalue weighted by Gasteiger charge is -2.20. The summed E-state index contributed by atoms with van der Waals surface area (Å²) in [5.74, 6) is 0. The van der Waals surface area contributed by atoms with Crippen molar-refractivity contribution in [3.63, 3.8) is 0 Å². The van der Waals surface area contributed by atoms with E-state index in [9.17, 15) is 0 Å². The van der Waals surface area contributed by atoms with Gasteiger partial charge in [0.25, 0.3) is 0 Å². The van der Waals surface area contributed by atoms with E-state index in [-0.39, 0.29) is 12.4 Å². The fourth-order valence-electron chi connectivity index (χ4n) is 0. The molecule has 0 saturated carbocycles. The summed E-state index contributed by atoms with van der Waals surface area (Å²) in [6, 6.07) is 0. The maximum Gasteiger partial charge on any atom is 0.0751 e. The molecular weight excluding hydrogens is 110 g/mol. The van der Waals surface area contributed by atoms with E-state index >= 15 is 0 Å². The van der Waals surface area contributed by atoms with E-state index in [4.69, 9.17) is 0 Å². The second-order valence-electron chi connectivity index (χ2n) is 2.61. The summed E-state index contributed by atoms with van der Waals surface area (Å²) < 4.78 is 1.07. The Kier molecular flexibility index (Phi) is 4.81. The Labute approximate surface area is 52.3 Å². The van der Waals surface area contributed by atoms with Crippen LogP contribution in [0.1, 0.15) is 6.92 Å². The lowest BCUT2D eigenvalue weighted by Crippen LogP contribution is -3.00. The molecule has 0 unspecified atom stereocenters. The van der Waals surface area contributed by atoms with Gasteiger partial charge in [-0.1, -0.05) is 0 Å². The SMILES string of the molecule is CC[N+](C)(C)C.[Cl-]. The third kappa shape index (κ3) is 10.7.